The second-order valence-corrected chi connectivity index (χ2v) is 6.96. The van der Waals surface area contributed by atoms with Crippen LogP contribution in [-0.4, -0.2) is 43.2 Å². The van der Waals surface area contributed by atoms with Gasteiger partial charge in [0.2, 0.25) is 5.91 Å². The maximum atomic E-state index is 12.3. The first-order chi connectivity index (χ1) is 8.58. The van der Waals surface area contributed by atoms with E-state index in [1.165, 1.54) is 4.88 Å². The first-order valence-electron chi connectivity index (χ1n) is 5.92. The summed E-state index contributed by atoms with van der Waals surface area (Å²) < 4.78 is 6.59. The van der Waals surface area contributed by atoms with Gasteiger partial charge in [-0.15, -0.1) is 11.3 Å². The summed E-state index contributed by atoms with van der Waals surface area (Å²) in [5.41, 5.74) is 0. The van der Waals surface area contributed by atoms with Gasteiger partial charge in [0.15, 0.2) is 0 Å². The van der Waals surface area contributed by atoms with Crippen LogP contribution in [0, 0.1) is 0 Å². The van der Waals surface area contributed by atoms with Crippen LogP contribution in [0.1, 0.15) is 11.8 Å². The van der Waals surface area contributed by atoms with Crippen molar-refractivity contribution in [2.75, 3.05) is 20.2 Å². The van der Waals surface area contributed by atoms with Gasteiger partial charge in [-0.25, -0.2) is 0 Å². The van der Waals surface area contributed by atoms with Crippen LogP contribution in [0.15, 0.2) is 15.9 Å². The normalized spacial score (nSPS) is 23.9. The molecule has 1 aromatic heterocycles. The number of nitrogens with one attached hydrogen (secondary N) is 1. The molecule has 0 unspecified atom stereocenters. The number of thiophene rings is 1. The van der Waals surface area contributed by atoms with Crippen molar-refractivity contribution in [3.05, 3.63) is 20.8 Å². The molecule has 6 heteroatoms. The van der Waals surface area contributed by atoms with E-state index >= 15 is 0 Å². The molecule has 100 valence electrons. The molecule has 1 saturated heterocycles. The van der Waals surface area contributed by atoms with Gasteiger partial charge in [-0.2, -0.15) is 0 Å². The monoisotopic (exact) mass is 332 g/mol. The van der Waals surface area contributed by atoms with Crippen molar-refractivity contribution in [3.8, 4) is 0 Å². The average Bonchev–Trinajstić information content (AvgIpc) is 2.74. The van der Waals surface area contributed by atoms with Crippen LogP contribution in [0.4, 0.5) is 0 Å². The molecule has 0 spiro atoms. The number of halogens is 1. The zero-order valence-corrected chi connectivity index (χ0v) is 12.9. The highest BCUT2D eigenvalue weighted by atomic mass is 79.9. The van der Waals surface area contributed by atoms with Gasteiger partial charge in [0.25, 0.3) is 0 Å². The molecule has 1 aromatic rings. The average molecular weight is 333 g/mol. The Kier molecular flexibility index (Phi) is 4.77. The maximum absolute atomic E-state index is 12.3. The summed E-state index contributed by atoms with van der Waals surface area (Å²) in [6.45, 7) is 3.98. The zero-order valence-electron chi connectivity index (χ0n) is 10.5. The van der Waals surface area contributed by atoms with Crippen LogP contribution in [0.5, 0.6) is 0 Å². The lowest BCUT2D eigenvalue weighted by atomic mass is 10.1. The summed E-state index contributed by atoms with van der Waals surface area (Å²) in [6.07, 6.45) is -0.0660. The largest absolute Gasteiger partial charge is 0.375 e. The third-order valence-corrected chi connectivity index (χ3v) is 4.59. The molecule has 1 fully saturated rings. The summed E-state index contributed by atoms with van der Waals surface area (Å²) in [4.78, 5) is 15.2. The highest BCUT2D eigenvalue weighted by Gasteiger charge is 2.30. The second kappa shape index (κ2) is 6.14. The van der Waals surface area contributed by atoms with E-state index in [2.05, 4.69) is 21.2 Å². The van der Waals surface area contributed by atoms with Gasteiger partial charge in [-0.3, -0.25) is 4.79 Å². The topological polar surface area (TPSA) is 41.6 Å². The molecular weight excluding hydrogens is 316 g/mol. The van der Waals surface area contributed by atoms with E-state index in [1.807, 2.05) is 26.1 Å². The minimum absolute atomic E-state index is 0.0660. The highest BCUT2D eigenvalue weighted by molar-refractivity contribution is 9.11. The Hall–Kier alpha value is -0.430. The summed E-state index contributed by atoms with van der Waals surface area (Å²) in [7, 11) is 1.83. The molecule has 1 aliphatic rings. The van der Waals surface area contributed by atoms with E-state index in [-0.39, 0.29) is 18.1 Å². The Balaban J connectivity index is 1.95. The summed E-state index contributed by atoms with van der Waals surface area (Å²) in [5.74, 6) is 0.0896. The van der Waals surface area contributed by atoms with Gasteiger partial charge >= 0.3 is 0 Å². The lowest BCUT2D eigenvalue weighted by Gasteiger charge is -2.32. The van der Waals surface area contributed by atoms with Crippen molar-refractivity contribution in [1.82, 2.24) is 10.2 Å². The predicted octanol–water partition coefficient (Wildman–Crippen LogP) is 1.85. The fraction of sp³-hybridized carbons (Fsp3) is 0.583. The number of hydrogen-bond acceptors (Lipinski definition) is 4. The number of amides is 1. The molecule has 2 heterocycles. The molecule has 2 atom stereocenters. The molecule has 1 amide bonds. The molecule has 0 aliphatic carbocycles. The van der Waals surface area contributed by atoms with E-state index in [4.69, 9.17) is 4.74 Å². The Morgan fingerprint density at radius 2 is 2.44 bits per heavy atom. The van der Waals surface area contributed by atoms with Crippen LogP contribution in [0.3, 0.4) is 0 Å². The molecule has 0 saturated carbocycles. The fourth-order valence-corrected chi connectivity index (χ4v) is 3.53. The van der Waals surface area contributed by atoms with Crippen molar-refractivity contribution in [2.24, 2.45) is 0 Å². The lowest BCUT2D eigenvalue weighted by Crippen LogP contribution is -2.55. The smallest absolute Gasteiger partial charge is 0.242 e. The Labute approximate surface area is 119 Å². The summed E-state index contributed by atoms with van der Waals surface area (Å²) in [6, 6.07) is 3.81. The van der Waals surface area contributed by atoms with Gasteiger partial charge in [0.1, 0.15) is 6.04 Å². The molecule has 1 aliphatic heterocycles. The number of ether oxygens (including phenoxy) is 1. The number of hydrogen-bond donors (Lipinski definition) is 1. The van der Waals surface area contributed by atoms with Crippen molar-refractivity contribution >= 4 is 33.2 Å². The quantitative estimate of drug-likeness (QED) is 0.918. The molecule has 0 radical (unpaired) electrons. The second-order valence-electron chi connectivity index (χ2n) is 4.41. The Morgan fingerprint density at radius 1 is 1.67 bits per heavy atom. The number of carbonyl (C=O) groups is 1. The Bertz CT molecular complexity index is 424. The molecule has 0 aromatic carbocycles. The lowest BCUT2D eigenvalue weighted by molar-refractivity contribution is -0.138. The SMILES string of the molecule is C[C@H]1OCCN[C@@H]1C(=O)N(C)Cc1ccc(Br)s1. The number of morpholine rings is 1. The number of carbonyl (C=O) groups excluding carboxylic acids is 1. The summed E-state index contributed by atoms with van der Waals surface area (Å²) >= 11 is 5.08. The van der Waals surface area contributed by atoms with E-state index in [9.17, 15) is 4.79 Å². The van der Waals surface area contributed by atoms with Crippen LogP contribution < -0.4 is 5.32 Å². The predicted molar refractivity (Wildman–Crippen MR) is 75.7 cm³/mol. The molecule has 2 rings (SSSR count). The maximum Gasteiger partial charge on any atom is 0.242 e. The number of nitrogens with zero attached hydrogens (tertiary/aromatic N) is 1. The van der Waals surface area contributed by atoms with Gasteiger partial charge in [0.05, 0.1) is 23.0 Å². The van der Waals surface area contributed by atoms with E-state index in [0.717, 1.165) is 10.3 Å². The highest BCUT2D eigenvalue weighted by Crippen LogP contribution is 2.23. The number of rotatable bonds is 3. The van der Waals surface area contributed by atoms with Crippen LogP contribution in [0.25, 0.3) is 0 Å². The van der Waals surface area contributed by atoms with E-state index in [1.54, 1.807) is 16.2 Å². The molecule has 0 bridgehead atoms. The third-order valence-electron chi connectivity index (χ3n) is 2.98. The molecule has 18 heavy (non-hydrogen) atoms. The Morgan fingerprint density at radius 3 is 3.06 bits per heavy atom. The van der Waals surface area contributed by atoms with Gasteiger partial charge in [-0.05, 0) is 35.0 Å². The van der Waals surface area contributed by atoms with Gasteiger partial charge in [0, 0.05) is 18.5 Å². The van der Waals surface area contributed by atoms with Crippen molar-refractivity contribution in [1.29, 1.82) is 0 Å². The molecule has 4 nitrogen and oxygen atoms in total. The zero-order chi connectivity index (χ0) is 13.1. The van der Waals surface area contributed by atoms with Crippen LogP contribution in [0.2, 0.25) is 0 Å². The fourth-order valence-electron chi connectivity index (χ4n) is 2.00. The van der Waals surface area contributed by atoms with Crippen molar-refractivity contribution in [2.45, 2.75) is 25.6 Å². The third kappa shape index (κ3) is 3.32. The van der Waals surface area contributed by atoms with Gasteiger partial charge < -0.3 is 15.0 Å². The van der Waals surface area contributed by atoms with Crippen LogP contribution in [-0.2, 0) is 16.1 Å². The first kappa shape index (κ1) is 14.0. The first-order valence-corrected chi connectivity index (χ1v) is 7.53. The number of likely N-dealkylation sites (N-methyl/N-ethyl adjacent to an activating group) is 1. The summed E-state index contributed by atoms with van der Waals surface area (Å²) in [5, 5.41) is 3.22. The van der Waals surface area contributed by atoms with Crippen LogP contribution >= 0.6 is 27.3 Å². The minimum Gasteiger partial charge on any atom is -0.375 e. The van der Waals surface area contributed by atoms with Crippen molar-refractivity contribution in [3.63, 3.8) is 0 Å². The van der Waals surface area contributed by atoms with Crippen molar-refractivity contribution < 1.29 is 9.53 Å². The van der Waals surface area contributed by atoms with E-state index < -0.39 is 0 Å². The molecule has 1 N–H and O–H groups in total. The van der Waals surface area contributed by atoms with E-state index in [0.29, 0.717) is 13.2 Å². The molecular formula is C12H17BrN2O2S. The van der Waals surface area contributed by atoms with Gasteiger partial charge in [-0.1, -0.05) is 0 Å². The standard InChI is InChI=1S/C12H17BrN2O2S/c1-8-11(14-5-6-17-8)12(16)15(2)7-9-3-4-10(13)18-9/h3-4,8,11,14H,5-7H2,1-2H3/t8-,11+/m1/s1. The minimum atomic E-state index is -0.229.